The number of methoxy groups -OCH3 is 1. The molecule has 6 heteroatoms. The summed E-state index contributed by atoms with van der Waals surface area (Å²) >= 11 is 0. The van der Waals surface area contributed by atoms with Crippen LogP contribution in [-0.2, 0) is 0 Å². The third kappa shape index (κ3) is 2.20. The van der Waals surface area contributed by atoms with Crippen LogP contribution in [0.25, 0.3) is 10.9 Å². The fraction of sp³-hybridized carbons (Fsp3) is 0.529. The Morgan fingerprint density at radius 1 is 1.17 bits per heavy atom. The number of hydrogen-bond acceptors (Lipinski definition) is 6. The Bertz CT molecular complexity index is 734. The van der Waals surface area contributed by atoms with Gasteiger partial charge in [-0.1, -0.05) is 0 Å². The van der Waals surface area contributed by atoms with Gasteiger partial charge in [-0.3, -0.25) is 0 Å². The minimum Gasteiger partial charge on any atom is -0.495 e. The molecule has 3 heterocycles. The Hall–Kier alpha value is -2.08. The maximum atomic E-state index is 6.20. The summed E-state index contributed by atoms with van der Waals surface area (Å²) in [6.45, 7) is 2.20. The van der Waals surface area contributed by atoms with E-state index in [0.29, 0.717) is 17.9 Å². The Morgan fingerprint density at radius 2 is 2.04 bits per heavy atom. The Morgan fingerprint density at radius 3 is 2.87 bits per heavy atom. The number of benzene rings is 1. The number of piperidine rings is 1. The number of rotatable bonds is 2. The van der Waals surface area contributed by atoms with Gasteiger partial charge in [-0.05, 0) is 45.0 Å². The maximum absolute atomic E-state index is 6.20. The molecule has 0 amide bonds. The molecular formula is C17H23N5O. The van der Waals surface area contributed by atoms with Crippen LogP contribution in [0.2, 0.25) is 0 Å². The lowest BCUT2D eigenvalue weighted by atomic mass is 9.97. The summed E-state index contributed by atoms with van der Waals surface area (Å²) in [7, 11) is 3.95. The van der Waals surface area contributed by atoms with Crippen molar-refractivity contribution in [2.75, 3.05) is 37.9 Å². The van der Waals surface area contributed by atoms with Crippen LogP contribution in [0.1, 0.15) is 19.3 Å². The summed E-state index contributed by atoms with van der Waals surface area (Å²) in [6.07, 6.45) is 5.14. The number of fused-ring (bicyclic) bond motifs is 2. The number of aromatic nitrogens is 2. The molecule has 2 atom stereocenters. The average Bonchev–Trinajstić information content (AvgIpc) is 2.99. The van der Waals surface area contributed by atoms with Crippen molar-refractivity contribution in [2.45, 2.75) is 31.3 Å². The van der Waals surface area contributed by atoms with Gasteiger partial charge in [0.15, 0.2) is 0 Å². The zero-order valence-electron chi connectivity index (χ0n) is 13.7. The molecule has 6 nitrogen and oxygen atoms in total. The van der Waals surface area contributed by atoms with Crippen LogP contribution in [0.15, 0.2) is 18.5 Å². The molecule has 2 N–H and O–H groups in total. The van der Waals surface area contributed by atoms with Crippen molar-refractivity contribution < 1.29 is 4.74 Å². The number of likely N-dealkylation sites (tertiary alicyclic amines) is 1. The predicted octanol–water partition coefficient (Wildman–Crippen LogP) is 1.89. The monoisotopic (exact) mass is 313 g/mol. The first-order chi connectivity index (χ1) is 11.2. The largest absolute Gasteiger partial charge is 0.495 e. The van der Waals surface area contributed by atoms with Gasteiger partial charge in [0.2, 0.25) is 0 Å². The Labute approximate surface area is 136 Å². The van der Waals surface area contributed by atoms with Crippen LogP contribution in [0.4, 0.5) is 11.5 Å². The van der Waals surface area contributed by atoms with E-state index in [4.69, 9.17) is 10.5 Å². The number of anilines is 2. The molecule has 0 radical (unpaired) electrons. The van der Waals surface area contributed by atoms with E-state index in [1.54, 1.807) is 7.11 Å². The molecule has 4 rings (SSSR count). The molecule has 0 saturated carbocycles. The van der Waals surface area contributed by atoms with E-state index < -0.39 is 0 Å². The second kappa shape index (κ2) is 5.53. The summed E-state index contributed by atoms with van der Waals surface area (Å²) in [5, 5.41) is 0.917. The molecule has 122 valence electrons. The molecule has 23 heavy (non-hydrogen) atoms. The molecule has 2 unspecified atom stereocenters. The second-order valence-corrected chi connectivity index (χ2v) is 6.51. The number of likely N-dealkylation sites (N-methyl/N-ethyl adjacent to an activating group) is 1. The van der Waals surface area contributed by atoms with E-state index in [-0.39, 0.29) is 0 Å². The smallest absolute Gasteiger partial charge is 0.143 e. The third-order valence-electron chi connectivity index (χ3n) is 5.36. The Balaban J connectivity index is 1.88. The van der Waals surface area contributed by atoms with Gasteiger partial charge in [0, 0.05) is 18.6 Å². The summed E-state index contributed by atoms with van der Waals surface area (Å²) < 4.78 is 5.66. The van der Waals surface area contributed by atoms with Gasteiger partial charge in [-0.25, -0.2) is 9.97 Å². The van der Waals surface area contributed by atoms with Crippen molar-refractivity contribution in [1.82, 2.24) is 14.9 Å². The lowest BCUT2D eigenvalue weighted by molar-refractivity contribution is 0.180. The molecule has 0 spiro atoms. The number of nitrogens with zero attached hydrogens (tertiary/aromatic N) is 4. The zero-order chi connectivity index (χ0) is 16.0. The lowest BCUT2D eigenvalue weighted by Gasteiger charge is -2.39. The number of hydrogen-bond donors (Lipinski definition) is 1. The van der Waals surface area contributed by atoms with E-state index in [0.717, 1.165) is 28.9 Å². The van der Waals surface area contributed by atoms with Gasteiger partial charge in [0.05, 0.1) is 23.7 Å². The molecule has 2 fully saturated rings. The highest BCUT2D eigenvalue weighted by Crippen LogP contribution is 2.43. The average molecular weight is 313 g/mol. The van der Waals surface area contributed by atoms with Crippen LogP contribution in [0, 0.1) is 0 Å². The summed E-state index contributed by atoms with van der Waals surface area (Å²) in [6, 6.07) is 5.06. The van der Waals surface area contributed by atoms with Crippen LogP contribution in [-0.4, -0.2) is 54.2 Å². The molecule has 2 aromatic rings. The minimum atomic E-state index is 0.507. The SMILES string of the molecule is COc1ccc2ncnc(N)c2c1N1CCC2C1CCCN2C. The molecule has 1 aromatic heterocycles. The highest BCUT2D eigenvalue weighted by Gasteiger charge is 2.40. The molecule has 1 aromatic carbocycles. The summed E-state index contributed by atoms with van der Waals surface area (Å²) in [5.41, 5.74) is 8.14. The van der Waals surface area contributed by atoms with Crippen molar-refractivity contribution in [3.63, 3.8) is 0 Å². The molecule has 2 aliphatic rings. The Kier molecular flexibility index (Phi) is 3.49. The van der Waals surface area contributed by atoms with E-state index in [9.17, 15) is 0 Å². The first-order valence-electron chi connectivity index (χ1n) is 8.24. The zero-order valence-corrected chi connectivity index (χ0v) is 13.7. The van der Waals surface area contributed by atoms with Gasteiger partial charge >= 0.3 is 0 Å². The van der Waals surface area contributed by atoms with Crippen LogP contribution in [0.5, 0.6) is 5.75 Å². The minimum absolute atomic E-state index is 0.507. The van der Waals surface area contributed by atoms with Crippen molar-refractivity contribution in [3.8, 4) is 5.75 Å². The van der Waals surface area contributed by atoms with E-state index in [2.05, 4.69) is 26.8 Å². The molecule has 0 bridgehead atoms. The van der Waals surface area contributed by atoms with Crippen molar-refractivity contribution in [1.29, 1.82) is 0 Å². The highest BCUT2D eigenvalue weighted by atomic mass is 16.5. The van der Waals surface area contributed by atoms with Crippen molar-refractivity contribution in [3.05, 3.63) is 18.5 Å². The van der Waals surface area contributed by atoms with Gasteiger partial charge in [0.1, 0.15) is 17.9 Å². The molecule has 2 aliphatic heterocycles. The normalized spacial score (nSPS) is 24.9. The number of ether oxygens (including phenoxy) is 1. The summed E-state index contributed by atoms with van der Waals surface area (Å²) in [4.78, 5) is 13.6. The summed E-state index contributed by atoms with van der Waals surface area (Å²) in [5.74, 6) is 1.38. The fourth-order valence-electron chi connectivity index (χ4n) is 4.28. The molecule has 2 saturated heterocycles. The van der Waals surface area contributed by atoms with Crippen molar-refractivity contribution >= 4 is 22.4 Å². The molecule has 0 aliphatic carbocycles. The van der Waals surface area contributed by atoms with E-state index in [1.807, 2.05) is 12.1 Å². The highest BCUT2D eigenvalue weighted by molar-refractivity contribution is 6.02. The van der Waals surface area contributed by atoms with E-state index in [1.165, 1.54) is 32.1 Å². The lowest BCUT2D eigenvalue weighted by Crippen LogP contribution is -2.47. The second-order valence-electron chi connectivity index (χ2n) is 6.51. The van der Waals surface area contributed by atoms with Gasteiger partial charge in [0.25, 0.3) is 0 Å². The van der Waals surface area contributed by atoms with Gasteiger partial charge in [-0.15, -0.1) is 0 Å². The topological polar surface area (TPSA) is 67.5 Å². The van der Waals surface area contributed by atoms with E-state index >= 15 is 0 Å². The number of nitrogen functional groups attached to an aromatic ring is 1. The first kappa shape index (κ1) is 14.5. The standard InChI is InChI=1S/C17H23N5O/c1-21-8-3-4-13-12(21)7-9-22(13)16-14(23-2)6-5-11-15(16)17(18)20-10-19-11/h5-6,10,12-13H,3-4,7-9H2,1-2H3,(H2,18,19,20). The third-order valence-corrected chi connectivity index (χ3v) is 5.36. The van der Waals surface area contributed by atoms with Crippen molar-refractivity contribution in [2.24, 2.45) is 0 Å². The maximum Gasteiger partial charge on any atom is 0.143 e. The van der Waals surface area contributed by atoms with Crippen LogP contribution < -0.4 is 15.4 Å². The molecular weight excluding hydrogens is 290 g/mol. The number of nitrogens with two attached hydrogens (primary N) is 1. The quantitative estimate of drug-likeness (QED) is 0.913. The first-order valence-corrected chi connectivity index (χ1v) is 8.24. The van der Waals surface area contributed by atoms with Gasteiger partial charge in [-0.2, -0.15) is 0 Å². The fourth-order valence-corrected chi connectivity index (χ4v) is 4.28. The van der Waals surface area contributed by atoms with Crippen LogP contribution in [0.3, 0.4) is 0 Å². The van der Waals surface area contributed by atoms with Crippen LogP contribution >= 0.6 is 0 Å². The van der Waals surface area contributed by atoms with Gasteiger partial charge < -0.3 is 20.3 Å². The predicted molar refractivity (Wildman–Crippen MR) is 91.9 cm³/mol.